The van der Waals surface area contributed by atoms with Crippen LogP contribution < -0.4 is 16.0 Å². The fraction of sp³-hybridized carbons (Fsp3) is 0.579. The van der Waals surface area contributed by atoms with Crippen molar-refractivity contribution in [2.45, 2.75) is 45.2 Å². The zero-order valence-corrected chi connectivity index (χ0v) is 15.6. The summed E-state index contributed by atoms with van der Waals surface area (Å²) in [5, 5.41) is 9.76. The predicted molar refractivity (Wildman–Crippen MR) is 104 cm³/mol. The monoisotopic (exact) mass is 345 g/mol. The normalized spacial score (nSPS) is 15.4. The zero-order chi connectivity index (χ0) is 18.1. The minimum absolute atomic E-state index is 0.0121. The summed E-state index contributed by atoms with van der Waals surface area (Å²) in [6.07, 6.45) is 5.03. The largest absolute Gasteiger partial charge is 0.357 e. The Morgan fingerprint density at radius 2 is 2.04 bits per heavy atom. The van der Waals surface area contributed by atoms with Gasteiger partial charge >= 0.3 is 0 Å². The third-order valence-electron chi connectivity index (χ3n) is 4.13. The van der Waals surface area contributed by atoms with Crippen LogP contribution in [0.3, 0.4) is 0 Å². The Morgan fingerprint density at radius 3 is 2.72 bits per heavy atom. The summed E-state index contributed by atoms with van der Waals surface area (Å²) in [6.45, 7) is 3.88. The lowest BCUT2D eigenvalue weighted by Gasteiger charge is -2.16. The molecular weight excluding hydrogens is 314 g/mol. The Bertz CT molecular complexity index is 579. The maximum absolute atomic E-state index is 11.9. The Balaban J connectivity index is 1.95. The summed E-state index contributed by atoms with van der Waals surface area (Å²) in [7, 11) is 3.76. The van der Waals surface area contributed by atoms with Crippen LogP contribution in [0, 0.1) is 0 Å². The van der Waals surface area contributed by atoms with Crippen LogP contribution >= 0.6 is 0 Å². The molecular formula is C19H31N5O. The van der Waals surface area contributed by atoms with E-state index in [1.807, 2.05) is 43.3 Å². The molecule has 0 heterocycles. The first-order valence-electron chi connectivity index (χ1n) is 9.15. The molecule has 1 amide bonds. The highest BCUT2D eigenvalue weighted by Gasteiger charge is 2.15. The summed E-state index contributed by atoms with van der Waals surface area (Å²) in [4.78, 5) is 18.4. The first-order valence-corrected chi connectivity index (χ1v) is 9.15. The van der Waals surface area contributed by atoms with E-state index < -0.39 is 0 Å². The molecule has 6 heteroatoms. The average Bonchev–Trinajstić information content (AvgIpc) is 3.05. The van der Waals surface area contributed by atoms with Gasteiger partial charge in [0.1, 0.15) is 0 Å². The number of hydrogen-bond donors (Lipinski definition) is 3. The van der Waals surface area contributed by atoms with E-state index in [9.17, 15) is 4.79 Å². The lowest BCUT2D eigenvalue weighted by molar-refractivity contribution is -0.116. The molecule has 0 aliphatic heterocycles. The van der Waals surface area contributed by atoms with E-state index in [2.05, 4.69) is 27.9 Å². The van der Waals surface area contributed by atoms with Crippen LogP contribution in [0.1, 0.15) is 38.2 Å². The highest BCUT2D eigenvalue weighted by molar-refractivity contribution is 5.92. The Hall–Kier alpha value is -2.08. The molecule has 0 aromatic heterocycles. The van der Waals surface area contributed by atoms with E-state index >= 15 is 0 Å². The van der Waals surface area contributed by atoms with Crippen LogP contribution in [0.15, 0.2) is 29.3 Å². The summed E-state index contributed by atoms with van der Waals surface area (Å²) >= 11 is 0. The fourth-order valence-corrected chi connectivity index (χ4v) is 2.99. The van der Waals surface area contributed by atoms with E-state index in [-0.39, 0.29) is 5.91 Å². The Kier molecular flexibility index (Phi) is 7.73. The second-order valence-electron chi connectivity index (χ2n) is 6.81. The Morgan fingerprint density at radius 1 is 1.28 bits per heavy atom. The number of rotatable bonds is 7. The van der Waals surface area contributed by atoms with Gasteiger partial charge in [0.05, 0.1) is 13.1 Å². The molecule has 1 aliphatic rings. The van der Waals surface area contributed by atoms with Crippen LogP contribution in [0.25, 0.3) is 0 Å². The molecule has 6 nitrogen and oxygen atoms in total. The number of hydrogen-bond acceptors (Lipinski definition) is 3. The van der Waals surface area contributed by atoms with Gasteiger partial charge in [0.2, 0.25) is 5.91 Å². The fourth-order valence-electron chi connectivity index (χ4n) is 2.99. The van der Waals surface area contributed by atoms with Crippen molar-refractivity contribution in [1.82, 2.24) is 15.5 Å². The molecule has 0 radical (unpaired) electrons. The van der Waals surface area contributed by atoms with Gasteiger partial charge in [-0.25, -0.2) is 4.99 Å². The first-order chi connectivity index (χ1) is 12.1. The van der Waals surface area contributed by atoms with Crippen LogP contribution in [0.5, 0.6) is 0 Å². The van der Waals surface area contributed by atoms with Gasteiger partial charge in [-0.2, -0.15) is 0 Å². The number of amides is 1. The molecule has 0 unspecified atom stereocenters. The summed E-state index contributed by atoms with van der Waals surface area (Å²) in [5.41, 5.74) is 1.89. The molecule has 1 aliphatic carbocycles. The van der Waals surface area contributed by atoms with E-state index in [0.29, 0.717) is 19.1 Å². The number of carbonyl (C=O) groups is 1. The van der Waals surface area contributed by atoms with E-state index in [0.717, 1.165) is 23.8 Å². The standard InChI is InChI=1S/C19H31N5O/c1-4-20-19(23-16-9-5-6-10-16)21-13-15-8-7-11-17(12-15)22-18(25)14-24(2)3/h7-8,11-12,16H,4-6,9-10,13-14H2,1-3H3,(H,22,25)(H2,20,21,23). The molecule has 1 aromatic rings. The molecule has 1 fully saturated rings. The summed E-state index contributed by atoms with van der Waals surface area (Å²) in [6, 6.07) is 8.41. The molecule has 0 bridgehead atoms. The lowest BCUT2D eigenvalue weighted by atomic mass is 10.2. The average molecular weight is 345 g/mol. The smallest absolute Gasteiger partial charge is 0.238 e. The second kappa shape index (κ2) is 10.0. The highest BCUT2D eigenvalue weighted by atomic mass is 16.2. The second-order valence-corrected chi connectivity index (χ2v) is 6.81. The van der Waals surface area contributed by atoms with Crippen molar-refractivity contribution in [2.75, 3.05) is 32.5 Å². The lowest BCUT2D eigenvalue weighted by Crippen LogP contribution is -2.42. The van der Waals surface area contributed by atoms with Crippen molar-refractivity contribution in [2.24, 2.45) is 4.99 Å². The molecule has 0 atom stereocenters. The van der Waals surface area contributed by atoms with Crippen molar-refractivity contribution < 1.29 is 4.79 Å². The van der Waals surface area contributed by atoms with Gasteiger partial charge in [0, 0.05) is 18.3 Å². The van der Waals surface area contributed by atoms with Gasteiger partial charge in [-0.05, 0) is 51.6 Å². The van der Waals surface area contributed by atoms with Crippen LogP contribution in [-0.4, -0.2) is 50.0 Å². The quantitative estimate of drug-likeness (QED) is 0.523. The van der Waals surface area contributed by atoms with Crippen LogP contribution in [0.4, 0.5) is 5.69 Å². The molecule has 1 aromatic carbocycles. The van der Waals surface area contributed by atoms with Crippen molar-refractivity contribution in [3.05, 3.63) is 29.8 Å². The molecule has 2 rings (SSSR count). The van der Waals surface area contributed by atoms with Crippen LogP contribution in [0.2, 0.25) is 0 Å². The minimum atomic E-state index is -0.0121. The van der Waals surface area contributed by atoms with Gasteiger partial charge < -0.3 is 20.9 Å². The number of likely N-dealkylation sites (N-methyl/N-ethyl adjacent to an activating group) is 1. The number of benzene rings is 1. The van der Waals surface area contributed by atoms with Gasteiger partial charge in [0.25, 0.3) is 0 Å². The Labute approximate surface area is 151 Å². The maximum atomic E-state index is 11.9. The van der Waals surface area contributed by atoms with Crippen LogP contribution in [-0.2, 0) is 11.3 Å². The highest BCUT2D eigenvalue weighted by Crippen LogP contribution is 2.17. The minimum Gasteiger partial charge on any atom is -0.357 e. The zero-order valence-electron chi connectivity index (χ0n) is 15.6. The number of nitrogens with one attached hydrogen (secondary N) is 3. The van der Waals surface area contributed by atoms with Crippen molar-refractivity contribution in [3.63, 3.8) is 0 Å². The molecule has 0 spiro atoms. The predicted octanol–water partition coefficient (Wildman–Crippen LogP) is 2.18. The molecule has 0 saturated heterocycles. The third-order valence-corrected chi connectivity index (χ3v) is 4.13. The van der Waals surface area contributed by atoms with E-state index in [1.165, 1.54) is 25.7 Å². The van der Waals surface area contributed by atoms with Crippen molar-refractivity contribution in [3.8, 4) is 0 Å². The number of guanidine groups is 1. The number of carbonyl (C=O) groups excluding carboxylic acids is 1. The first kappa shape index (κ1) is 19.2. The molecule has 1 saturated carbocycles. The van der Waals surface area contributed by atoms with Gasteiger partial charge in [-0.15, -0.1) is 0 Å². The molecule has 138 valence electrons. The molecule has 3 N–H and O–H groups in total. The van der Waals surface area contributed by atoms with E-state index in [4.69, 9.17) is 0 Å². The SMILES string of the molecule is CCNC(=NCc1cccc(NC(=O)CN(C)C)c1)NC1CCCC1. The topological polar surface area (TPSA) is 68.8 Å². The summed E-state index contributed by atoms with van der Waals surface area (Å²) < 4.78 is 0. The third kappa shape index (κ3) is 7.13. The molecule has 25 heavy (non-hydrogen) atoms. The van der Waals surface area contributed by atoms with Crippen molar-refractivity contribution >= 4 is 17.6 Å². The van der Waals surface area contributed by atoms with Gasteiger partial charge in [0.15, 0.2) is 5.96 Å². The maximum Gasteiger partial charge on any atom is 0.238 e. The van der Waals surface area contributed by atoms with Crippen molar-refractivity contribution in [1.29, 1.82) is 0 Å². The van der Waals surface area contributed by atoms with E-state index in [1.54, 1.807) is 0 Å². The number of nitrogens with zero attached hydrogens (tertiary/aromatic N) is 2. The summed E-state index contributed by atoms with van der Waals surface area (Å²) in [5.74, 6) is 0.860. The van der Waals surface area contributed by atoms with Gasteiger partial charge in [-0.3, -0.25) is 4.79 Å². The van der Waals surface area contributed by atoms with Gasteiger partial charge in [-0.1, -0.05) is 25.0 Å². The number of anilines is 1. The number of aliphatic imine (C=N–C) groups is 1.